The lowest BCUT2D eigenvalue weighted by Crippen LogP contribution is -2.54. The van der Waals surface area contributed by atoms with E-state index in [2.05, 4.69) is 15.5 Å². The summed E-state index contributed by atoms with van der Waals surface area (Å²) < 4.78 is 11.2. The van der Waals surface area contributed by atoms with Crippen LogP contribution in [0.5, 0.6) is 5.75 Å². The number of carbonyl (C=O) groups is 5. The molecule has 2 fully saturated rings. The van der Waals surface area contributed by atoms with Gasteiger partial charge in [-0.1, -0.05) is 6.07 Å². The highest BCUT2D eigenvalue weighted by atomic mass is 16.6. The summed E-state index contributed by atoms with van der Waals surface area (Å²) in [6.45, 7) is 7.70. The Labute approximate surface area is 203 Å². The molecule has 1 aromatic rings. The van der Waals surface area contributed by atoms with E-state index in [9.17, 15) is 24.0 Å². The zero-order valence-corrected chi connectivity index (χ0v) is 20.1. The number of ether oxygens (including phenoxy) is 2. The van der Waals surface area contributed by atoms with Gasteiger partial charge in [0.1, 0.15) is 24.0 Å². The number of piperidine rings is 1. The Hall–Kier alpha value is -3.47. The quantitative estimate of drug-likeness (QED) is 0.570. The molecule has 3 aliphatic heterocycles. The molecule has 3 heterocycles. The molecule has 1 unspecified atom stereocenters. The van der Waals surface area contributed by atoms with E-state index < -0.39 is 41.4 Å². The van der Waals surface area contributed by atoms with E-state index in [0.29, 0.717) is 13.1 Å². The number of imide groups is 2. The van der Waals surface area contributed by atoms with Crippen LogP contribution in [0.3, 0.4) is 0 Å². The van der Waals surface area contributed by atoms with Crippen molar-refractivity contribution in [3.05, 3.63) is 29.3 Å². The van der Waals surface area contributed by atoms with Crippen LogP contribution in [0.1, 0.15) is 60.7 Å². The van der Waals surface area contributed by atoms with Crippen LogP contribution in [0.2, 0.25) is 0 Å². The van der Waals surface area contributed by atoms with Crippen molar-refractivity contribution in [2.24, 2.45) is 0 Å². The van der Waals surface area contributed by atoms with Crippen molar-refractivity contribution < 1.29 is 33.4 Å². The molecule has 0 bridgehead atoms. The third kappa shape index (κ3) is 5.45. The fourth-order valence-electron chi connectivity index (χ4n) is 4.52. The molecule has 2 N–H and O–H groups in total. The summed E-state index contributed by atoms with van der Waals surface area (Å²) in [5.41, 5.74) is -0.244. The summed E-state index contributed by atoms with van der Waals surface area (Å²) in [5.74, 6) is -1.96. The summed E-state index contributed by atoms with van der Waals surface area (Å²) in [6.07, 6.45) is 0.504. The van der Waals surface area contributed by atoms with Gasteiger partial charge in [0.15, 0.2) is 0 Å². The Morgan fingerprint density at radius 1 is 1.14 bits per heavy atom. The van der Waals surface area contributed by atoms with Crippen molar-refractivity contribution in [1.29, 1.82) is 0 Å². The molecule has 2 saturated heterocycles. The van der Waals surface area contributed by atoms with Gasteiger partial charge in [0, 0.05) is 32.1 Å². The van der Waals surface area contributed by atoms with E-state index in [0.717, 1.165) is 17.9 Å². The van der Waals surface area contributed by atoms with Gasteiger partial charge in [-0.05, 0) is 45.7 Å². The average Bonchev–Trinajstić information content (AvgIpc) is 3.30. The Kier molecular flexibility index (Phi) is 6.79. The standard InChI is InChI=1S/C24H30N4O7/c1-24(2,3)35-23(33)25-14-9-10-27(13-14)11-12-34-17-6-4-5-15-19(17)22(32)28(21(15)31)16-7-8-18(29)26-20(16)30/h4-6,14,16H,7-13H2,1-3H3,(H,25,33)(H,26,29,30)/t14-,16?/m0/s1. The number of nitrogens with zero attached hydrogens (tertiary/aromatic N) is 2. The first kappa shape index (κ1) is 24.6. The number of alkyl carbamates (subject to hydrolysis) is 1. The molecule has 35 heavy (non-hydrogen) atoms. The zero-order valence-electron chi connectivity index (χ0n) is 20.1. The van der Waals surface area contributed by atoms with Gasteiger partial charge in [-0.3, -0.25) is 34.3 Å². The molecule has 1 aromatic carbocycles. The fourth-order valence-corrected chi connectivity index (χ4v) is 4.52. The van der Waals surface area contributed by atoms with Gasteiger partial charge in [0.25, 0.3) is 11.8 Å². The van der Waals surface area contributed by atoms with Gasteiger partial charge >= 0.3 is 6.09 Å². The normalized spacial score (nSPS) is 22.8. The summed E-state index contributed by atoms with van der Waals surface area (Å²) in [5, 5.41) is 5.06. The van der Waals surface area contributed by atoms with Gasteiger partial charge in [-0.25, -0.2) is 4.79 Å². The number of benzene rings is 1. The number of rotatable bonds is 6. The molecule has 0 aliphatic carbocycles. The highest BCUT2D eigenvalue weighted by Crippen LogP contribution is 2.33. The molecule has 0 aromatic heterocycles. The van der Waals surface area contributed by atoms with Crippen molar-refractivity contribution in [2.75, 3.05) is 26.2 Å². The van der Waals surface area contributed by atoms with Crippen LogP contribution in [0.25, 0.3) is 0 Å². The van der Waals surface area contributed by atoms with Gasteiger partial charge in [-0.15, -0.1) is 0 Å². The summed E-state index contributed by atoms with van der Waals surface area (Å²) in [7, 11) is 0. The van der Waals surface area contributed by atoms with Crippen molar-refractivity contribution in [2.45, 2.75) is 57.7 Å². The number of fused-ring (bicyclic) bond motifs is 1. The molecular weight excluding hydrogens is 456 g/mol. The molecule has 0 radical (unpaired) electrons. The highest BCUT2D eigenvalue weighted by Gasteiger charge is 2.46. The lowest BCUT2D eigenvalue weighted by molar-refractivity contribution is -0.136. The van der Waals surface area contributed by atoms with Crippen molar-refractivity contribution in [3.63, 3.8) is 0 Å². The van der Waals surface area contributed by atoms with Gasteiger partial charge in [-0.2, -0.15) is 0 Å². The van der Waals surface area contributed by atoms with Crippen LogP contribution in [0.15, 0.2) is 18.2 Å². The molecule has 4 rings (SSSR count). The Morgan fingerprint density at radius 2 is 1.91 bits per heavy atom. The predicted octanol–water partition coefficient (Wildman–Crippen LogP) is 1.07. The van der Waals surface area contributed by atoms with Gasteiger partial charge in [0.2, 0.25) is 11.8 Å². The van der Waals surface area contributed by atoms with E-state index >= 15 is 0 Å². The molecule has 11 heteroatoms. The van der Waals surface area contributed by atoms with E-state index in [4.69, 9.17) is 9.47 Å². The van der Waals surface area contributed by atoms with Crippen LogP contribution >= 0.6 is 0 Å². The minimum atomic E-state index is -1.02. The number of likely N-dealkylation sites (tertiary alicyclic amines) is 1. The van der Waals surface area contributed by atoms with Crippen LogP contribution < -0.4 is 15.4 Å². The molecule has 11 nitrogen and oxygen atoms in total. The highest BCUT2D eigenvalue weighted by molar-refractivity contribution is 6.24. The summed E-state index contributed by atoms with van der Waals surface area (Å²) >= 11 is 0. The number of nitrogens with one attached hydrogen (secondary N) is 2. The number of carbonyl (C=O) groups excluding carboxylic acids is 5. The summed E-state index contributed by atoms with van der Waals surface area (Å²) in [4.78, 5) is 64.8. The van der Waals surface area contributed by atoms with Crippen LogP contribution in [-0.2, 0) is 14.3 Å². The predicted molar refractivity (Wildman–Crippen MR) is 123 cm³/mol. The lowest BCUT2D eigenvalue weighted by Gasteiger charge is -2.27. The molecule has 5 amide bonds. The number of amides is 5. The van der Waals surface area contributed by atoms with Gasteiger partial charge in [0.05, 0.1) is 11.1 Å². The van der Waals surface area contributed by atoms with Crippen molar-refractivity contribution in [3.8, 4) is 5.75 Å². The second-order valence-electron chi connectivity index (χ2n) is 9.91. The molecule has 0 spiro atoms. The molecule has 2 atom stereocenters. The molecular formula is C24H30N4O7. The molecule has 0 saturated carbocycles. The maximum absolute atomic E-state index is 13.1. The first-order valence-corrected chi connectivity index (χ1v) is 11.7. The lowest BCUT2D eigenvalue weighted by atomic mass is 10.0. The van der Waals surface area contributed by atoms with E-state index in [1.165, 1.54) is 6.07 Å². The van der Waals surface area contributed by atoms with Crippen LogP contribution in [0.4, 0.5) is 4.79 Å². The topological polar surface area (TPSA) is 134 Å². The average molecular weight is 487 g/mol. The second-order valence-corrected chi connectivity index (χ2v) is 9.91. The van der Waals surface area contributed by atoms with E-state index in [1.54, 1.807) is 12.1 Å². The largest absolute Gasteiger partial charge is 0.491 e. The Morgan fingerprint density at radius 3 is 2.63 bits per heavy atom. The maximum Gasteiger partial charge on any atom is 0.407 e. The summed E-state index contributed by atoms with van der Waals surface area (Å²) in [6, 6.07) is 3.74. The smallest absolute Gasteiger partial charge is 0.407 e. The van der Waals surface area contributed by atoms with Crippen LogP contribution in [0, 0.1) is 0 Å². The fraction of sp³-hybridized carbons (Fsp3) is 0.542. The number of hydrogen-bond donors (Lipinski definition) is 2. The maximum atomic E-state index is 13.1. The van der Waals surface area contributed by atoms with Crippen LogP contribution in [-0.4, -0.2) is 83.4 Å². The van der Waals surface area contributed by atoms with Crippen molar-refractivity contribution >= 4 is 29.7 Å². The minimum absolute atomic E-state index is 0.0212. The zero-order chi connectivity index (χ0) is 25.3. The third-order valence-corrected chi connectivity index (χ3v) is 6.09. The first-order chi connectivity index (χ1) is 16.5. The Bertz CT molecular complexity index is 1060. The molecule has 3 aliphatic rings. The second kappa shape index (κ2) is 9.65. The first-order valence-electron chi connectivity index (χ1n) is 11.7. The third-order valence-electron chi connectivity index (χ3n) is 6.09. The number of hydrogen-bond acceptors (Lipinski definition) is 8. The molecule has 188 valence electrons. The van der Waals surface area contributed by atoms with Crippen molar-refractivity contribution in [1.82, 2.24) is 20.4 Å². The SMILES string of the molecule is CC(C)(C)OC(=O)N[C@H]1CCN(CCOc2cccc3c2C(=O)N(C2CCC(=O)NC2=O)C3=O)C1. The monoisotopic (exact) mass is 486 g/mol. The Balaban J connectivity index is 1.33. The van der Waals surface area contributed by atoms with Gasteiger partial charge < -0.3 is 14.8 Å². The van der Waals surface area contributed by atoms with E-state index in [1.807, 2.05) is 20.8 Å². The van der Waals surface area contributed by atoms with E-state index in [-0.39, 0.29) is 42.4 Å². The minimum Gasteiger partial charge on any atom is -0.491 e.